The van der Waals surface area contributed by atoms with Crippen molar-refractivity contribution in [2.24, 2.45) is 5.14 Å². The molecule has 0 amide bonds. The fraction of sp³-hybridized carbons (Fsp3) is 0.455. The maximum absolute atomic E-state index is 11.5. The van der Waals surface area contributed by atoms with Gasteiger partial charge in [-0.3, -0.25) is 0 Å². The Morgan fingerprint density at radius 1 is 1.05 bits per heavy atom. The molecule has 0 saturated carbocycles. The number of piperazine rings is 1. The van der Waals surface area contributed by atoms with Crippen LogP contribution in [0.3, 0.4) is 0 Å². The van der Waals surface area contributed by atoms with Crippen molar-refractivity contribution >= 4 is 31.4 Å². The summed E-state index contributed by atoms with van der Waals surface area (Å²) >= 11 is 0. The Hall–Kier alpha value is -1.36. The van der Waals surface area contributed by atoms with E-state index in [4.69, 9.17) is 10.9 Å². The fourth-order valence-corrected chi connectivity index (χ4v) is 3.63. The Kier molecular flexibility index (Phi) is 4.15. The lowest BCUT2D eigenvalue weighted by Gasteiger charge is -2.35. The molecule has 0 spiro atoms. The van der Waals surface area contributed by atoms with E-state index in [2.05, 4.69) is 0 Å². The molecule has 1 saturated heterocycles. The molecule has 21 heavy (non-hydrogen) atoms. The minimum atomic E-state index is -3.79. The van der Waals surface area contributed by atoms with E-state index in [0.29, 0.717) is 37.6 Å². The number of nitrogens with zero attached hydrogens (tertiary/aromatic N) is 2. The third-order valence-corrected chi connectivity index (χ3v) is 5.59. The minimum Gasteiger partial charge on any atom is -0.397 e. The first-order valence-corrected chi connectivity index (χ1v) is 9.61. The van der Waals surface area contributed by atoms with E-state index in [1.807, 2.05) is 4.90 Å². The molecule has 118 valence electrons. The standard InChI is InChI=1S/C11H18N4O4S2/c1-20(16,17)15-6-4-14(5-7-15)11-3-2-9(8-10(11)12)21(13,18)19/h2-3,8H,4-7,12H2,1H3,(H2,13,18,19). The first kappa shape index (κ1) is 16.0. The van der Waals surface area contributed by atoms with Crippen LogP contribution in [0.4, 0.5) is 11.4 Å². The summed E-state index contributed by atoms with van der Waals surface area (Å²) in [7, 11) is -6.98. The van der Waals surface area contributed by atoms with Crippen LogP contribution in [0.2, 0.25) is 0 Å². The van der Waals surface area contributed by atoms with Gasteiger partial charge in [0.25, 0.3) is 0 Å². The monoisotopic (exact) mass is 334 g/mol. The molecule has 1 aromatic carbocycles. The van der Waals surface area contributed by atoms with Gasteiger partial charge >= 0.3 is 0 Å². The molecular formula is C11H18N4O4S2. The smallest absolute Gasteiger partial charge is 0.238 e. The third kappa shape index (κ3) is 3.64. The Morgan fingerprint density at radius 3 is 2.05 bits per heavy atom. The summed E-state index contributed by atoms with van der Waals surface area (Å²) in [5.74, 6) is 0. The van der Waals surface area contributed by atoms with Gasteiger partial charge in [-0.1, -0.05) is 0 Å². The summed E-state index contributed by atoms with van der Waals surface area (Å²) in [4.78, 5) is 1.88. The average molecular weight is 334 g/mol. The van der Waals surface area contributed by atoms with Gasteiger partial charge in [0.15, 0.2) is 0 Å². The van der Waals surface area contributed by atoms with E-state index in [1.165, 1.54) is 22.7 Å². The number of rotatable bonds is 3. The van der Waals surface area contributed by atoms with Crippen molar-refractivity contribution in [3.05, 3.63) is 18.2 Å². The molecule has 1 aliphatic rings. The highest BCUT2D eigenvalue weighted by atomic mass is 32.2. The van der Waals surface area contributed by atoms with E-state index in [9.17, 15) is 16.8 Å². The second-order valence-electron chi connectivity index (χ2n) is 4.91. The van der Waals surface area contributed by atoms with Crippen LogP contribution in [0.15, 0.2) is 23.1 Å². The van der Waals surface area contributed by atoms with Crippen LogP contribution in [-0.2, 0) is 20.0 Å². The van der Waals surface area contributed by atoms with Crippen molar-refractivity contribution < 1.29 is 16.8 Å². The number of hydrogen-bond donors (Lipinski definition) is 2. The van der Waals surface area contributed by atoms with Crippen molar-refractivity contribution in [1.82, 2.24) is 4.31 Å². The molecule has 8 nitrogen and oxygen atoms in total. The van der Waals surface area contributed by atoms with Crippen molar-refractivity contribution in [1.29, 1.82) is 0 Å². The highest BCUT2D eigenvalue weighted by Crippen LogP contribution is 2.27. The Morgan fingerprint density at radius 2 is 1.62 bits per heavy atom. The van der Waals surface area contributed by atoms with Crippen molar-refractivity contribution in [3.63, 3.8) is 0 Å². The zero-order valence-corrected chi connectivity index (χ0v) is 13.2. The van der Waals surface area contributed by atoms with Gasteiger partial charge in [-0.15, -0.1) is 0 Å². The molecule has 1 aromatic rings. The number of nitrogens with two attached hydrogens (primary N) is 2. The van der Waals surface area contributed by atoms with Crippen LogP contribution in [0, 0.1) is 0 Å². The lowest BCUT2D eigenvalue weighted by molar-refractivity contribution is 0.388. The highest BCUT2D eigenvalue weighted by Gasteiger charge is 2.24. The quantitative estimate of drug-likeness (QED) is 0.683. The number of benzene rings is 1. The van der Waals surface area contributed by atoms with Crippen molar-refractivity contribution in [2.75, 3.05) is 43.1 Å². The molecule has 1 fully saturated rings. The molecule has 0 bridgehead atoms. The zero-order chi connectivity index (χ0) is 15.8. The summed E-state index contributed by atoms with van der Waals surface area (Å²) in [6.45, 7) is 1.72. The maximum atomic E-state index is 11.5. The Labute approximate surface area is 124 Å². The molecule has 2 rings (SSSR count). The van der Waals surface area contributed by atoms with Crippen LogP contribution in [0.5, 0.6) is 0 Å². The normalized spacial score (nSPS) is 17.9. The zero-order valence-electron chi connectivity index (χ0n) is 11.6. The molecule has 10 heteroatoms. The molecule has 1 aliphatic heterocycles. The summed E-state index contributed by atoms with van der Waals surface area (Å²) in [6.07, 6.45) is 1.18. The van der Waals surface area contributed by atoms with Gasteiger partial charge in [0.2, 0.25) is 20.0 Å². The number of nitrogen functional groups attached to an aromatic ring is 1. The Bertz CT molecular complexity index is 737. The second-order valence-corrected chi connectivity index (χ2v) is 8.46. The first-order chi connectivity index (χ1) is 9.59. The topological polar surface area (TPSA) is 127 Å². The van der Waals surface area contributed by atoms with Crippen LogP contribution in [0.25, 0.3) is 0 Å². The third-order valence-electron chi connectivity index (χ3n) is 3.38. The summed E-state index contributed by atoms with van der Waals surface area (Å²) in [5, 5.41) is 5.05. The van der Waals surface area contributed by atoms with Gasteiger partial charge in [-0.2, -0.15) is 4.31 Å². The molecular weight excluding hydrogens is 316 g/mol. The van der Waals surface area contributed by atoms with E-state index in [-0.39, 0.29) is 4.90 Å². The van der Waals surface area contributed by atoms with Gasteiger partial charge in [0, 0.05) is 26.2 Å². The number of primary sulfonamides is 1. The molecule has 0 radical (unpaired) electrons. The molecule has 0 aliphatic carbocycles. The maximum Gasteiger partial charge on any atom is 0.238 e. The van der Waals surface area contributed by atoms with Crippen LogP contribution >= 0.6 is 0 Å². The van der Waals surface area contributed by atoms with E-state index < -0.39 is 20.0 Å². The predicted octanol–water partition coefficient (Wildman–Crippen LogP) is -1.00. The van der Waals surface area contributed by atoms with Crippen LogP contribution in [0.1, 0.15) is 0 Å². The van der Waals surface area contributed by atoms with E-state index >= 15 is 0 Å². The van der Waals surface area contributed by atoms with Gasteiger partial charge in [0.1, 0.15) is 0 Å². The SMILES string of the molecule is CS(=O)(=O)N1CCN(c2ccc(S(N)(=O)=O)cc2N)CC1. The van der Waals surface area contributed by atoms with Crippen molar-refractivity contribution in [3.8, 4) is 0 Å². The number of sulfonamides is 2. The number of anilines is 2. The van der Waals surface area contributed by atoms with E-state index in [1.54, 1.807) is 6.07 Å². The largest absolute Gasteiger partial charge is 0.397 e. The molecule has 0 atom stereocenters. The Balaban J connectivity index is 2.18. The number of hydrogen-bond acceptors (Lipinski definition) is 6. The summed E-state index contributed by atoms with van der Waals surface area (Å²) < 4.78 is 46.8. The van der Waals surface area contributed by atoms with Crippen LogP contribution < -0.4 is 15.8 Å². The average Bonchev–Trinajstić information content (AvgIpc) is 2.36. The molecule has 0 aromatic heterocycles. The van der Waals surface area contributed by atoms with Gasteiger partial charge in [-0.25, -0.2) is 22.0 Å². The van der Waals surface area contributed by atoms with Crippen LogP contribution in [-0.4, -0.2) is 53.6 Å². The lowest BCUT2D eigenvalue weighted by atomic mass is 10.2. The fourth-order valence-electron chi connectivity index (χ4n) is 2.26. The summed E-state index contributed by atoms with van der Waals surface area (Å²) in [6, 6.07) is 4.29. The molecule has 1 heterocycles. The molecule has 0 unspecified atom stereocenters. The summed E-state index contributed by atoms with van der Waals surface area (Å²) in [5.41, 5.74) is 6.85. The minimum absolute atomic E-state index is 0.0430. The van der Waals surface area contributed by atoms with Gasteiger partial charge in [-0.05, 0) is 18.2 Å². The van der Waals surface area contributed by atoms with E-state index in [0.717, 1.165) is 0 Å². The highest BCUT2D eigenvalue weighted by molar-refractivity contribution is 7.89. The lowest BCUT2D eigenvalue weighted by Crippen LogP contribution is -2.48. The first-order valence-electron chi connectivity index (χ1n) is 6.21. The second kappa shape index (κ2) is 5.44. The van der Waals surface area contributed by atoms with Gasteiger partial charge in [0.05, 0.1) is 22.5 Å². The molecule has 4 N–H and O–H groups in total. The van der Waals surface area contributed by atoms with Gasteiger partial charge < -0.3 is 10.6 Å². The van der Waals surface area contributed by atoms with Crippen molar-refractivity contribution in [2.45, 2.75) is 4.90 Å². The predicted molar refractivity (Wildman–Crippen MR) is 80.9 cm³/mol.